The lowest BCUT2D eigenvalue weighted by Crippen LogP contribution is -2.38. The number of nitrogens with zero attached hydrogens (tertiary/aromatic N) is 1. The maximum absolute atomic E-state index is 12.3. The highest BCUT2D eigenvalue weighted by Gasteiger charge is 2.35. The van der Waals surface area contributed by atoms with Crippen LogP contribution < -0.4 is 14.8 Å². The molecule has 0 saturated carbocycles. The minimum Gasteiger partial charge on any atom is -0.491 e. The molecule has 0 aliphatic carbocycles. The molecular formula is C23H23ClN2O6S. The summed E-state index contributed by atoms with van der Waals surface area (Å²) in [5, 5.41) is 2.16. The smallest absolute Gasteiger partial charge is 0.410 e. The number of amides is 3. The lowest BCUT2D eigenvalue weighted by Gasteiger charge is -2.22. The number of ether oxygens (including phenoxy) is 3. The van der Waals surface area contributed by atoms with E-state index in [9.17, 15) is 14.4 Å². The number of nitrogens with one attached hydrogen (secondary N) is 1. The van der Waals surface area contributed by atoms with Crippen LogP contribution in [0.5, 0.6) is 11.5 Å². The van der Waals surface area contributed by atoms with Crippen molar-refractivity contribution < 1.29 is 28.6 Å². The molecule has 2 aliphatic rings. The molecule has 2 saturated heterocycles. The number of thioether (sulfide) groups is 1. The molecule has 0 bridgehead atoms. The molecule has 1 N–H and O–H groups in total. The van der Waals surface area contributed by atoms with Gasteiger partial charge in [0.1, 0.15) is 24.7 Å². The molecule has 2 aliphatic heterocycles. The summed E-state index contributed by atoms with van der Waals surface area (Å²) in [4.78, 5) is 36.9. The van der Waals surface area contributed by atoms with Crippen molar-refractivity contribution in [3.8, 4) is 11.5 Å². The maximum atomic E-state index is 12.3. The number of rotatable bonds is 9. The first kappa shape index (κ1) is 23.3. The summed E-state index contributed by atoms with van der Waals surface area (Å²) in [5.41, 5.74) is 0.934. The molecule has 0 radical (unpaired) electrons. The molecular weight excluding hydrogens is 468 g/mol. The highest BCUT2D eigenvalue weighted by molar-refractivity contribution is 8.15. The van der Waals surface area contributed by atoms with Gasteiger partial charge < -0.3 is 14.2 Å². The van der Waals surface area contributed by atoms with E-state index in [4.69, 9.17) is 25.8 Å². The van der Waals surface area contributed by atoms with Gasteiger partial charge >= 0.3 is 6.09 Å². The fraction of sp³-hybridized carbons (Fsp3) is 0.348. The molecule has 0 aromatic heterocycles. The Morgan fingerprint density at radius 2 is 1.94 bits per heavy atom. The Hall–Kier alpha value is -2.91. The van der Waals surface area contributed by atoms with Crippen molar-refractivity contribution in [3.05, 3.63) is 59.1 Å². The molecule has 4 rings (SSSR count). The van der Waals surface area contributed by atoms with E-state index in [0.717, 1.165) is 17.3 Å². The normalized spacial score (nSPS) is 21.0. The third kappa shape index (κ3) is 6.11. The van der Waals surface area contributed by atoms with Gasteiger partial charge in [-0.2, -0.15) is 0 Å². The molecule has 174 valence electrons. The summed E-state index contributed by atoms with van der Waals surface area (Å²) < 4.78 is 16.9. The monoisotopic (exact) mass is 490 g/mol. The minimum absolute atomic E-state index is 0.196. The Morgan fingerprint density at radius 1 is 1.15 bits per heavy atom. The van der Waals surface area contributed by atoms with Crippen molar-refractivity contribution in [1.82, 2.24) is 10.2 Å². The summed E-state index contributed by atoms with van der Waals surface area (Å²) in [6.07, 6.45) is -0.309. The van der Waals surface area contributed by atoms with Crippen LogP contribution in [0, 0.1) is 0 Å². The van der Waals surface area contributed by atoms with Crippen molar-refractivity contribution in [2.45, 2.75) is 30.7 Å². The second-order valence-corrected chi connectivity index (χ2v) is 9.43. The van der Waals surface area contributed by atoms with E-state index < -0.39 is 11.3 Å². The average molecular weight is 491 g/mol. The van der Waals surface area contributed by atoms with E-state index in [1.165, 1.54) is 0 Å². The average Bonchev–Trinajstić information content (AvgIpc) is 3.32. The Kier molecular flexibility index (Phi) is 7.29. The van der Waals surface area contributed by atoms with Crippen LogP contribution in [0.4, 0.5) is 9.59 Å². The third-order valence-corrected chi connectivity index (χ3v) is 6.49. The second-order valence-electron chi connectivity index (χ2n) is 7.82. The molecule has 2 heterocycles. The summed E-state index contributed by atoms with van der Waals surface area (Å²) >= 11 is 6.96. The van der Waals surface area contributed by atoms with Crippen LogP contribution in [-0.4, -0.2) is 59.3 Å². The van der Waals surface area contributed by atoms with Gasteiger partial charge in [0.15, 0.2) is 6.10 Å². The number of halogens is 1. The zero-order valence-corrected chi connectivity index (χ0v) is 19.4. The Labute approximate surface area is 200 Å². The fourth-order valence-electron chi connectivity index (χ4n) is 3.50. The van der Waals surface area contributed by atoms with Crippen LogP contribution in [0.25, 0.3) is 0 Å². The van der Waals surface area contributed by atoms with Crippen LogP contribution in [0.15, 0.2) is 48.5 Å². The van der Waals surface area contributed by atoms with Gasteiger partial charge in [0.05, 0.1) is 17.8 Å². The number of carbonyl (C=O) groups is 3. The van der Waals surface area contributed by atoms with Crippen molar-refractivity contribution >= 4 is 40.6 Å². The summed E-state index contributed by atoms with van der Waals surface area (Å²) in [7, 11) is 0. The number of hydrogen-bond acceptors (Lipinski definition) is 7. The first-order chi connectivity index (χ1) is 15.9. The first-order valence-corrected chi connectivity index (χ1v) is 11.7. The van der Waals surface area contributed by atoms with Gasteiger partial charge in [-0.1, -0.05) is 41.6 Å². The van der Waals surface area contributed by atoms with Gasteiger partial charge in [0.2, 0.25) is 5.91 Å². The van der Waals surface area contributed by atoms with E-state index in [-0.39, 0.29) is 29.9 Å². The van der Waals surface area contributed by atoms with Gasteiger partial charge in [-0.25, -0.2) is 4.79 Å². The molecule has 1 unspecified atom stereocenters. The largest absolute Gasteiger partial charge is 0.491 e. The number of hydrogen-bond donors (Lipinski definition) is 1. The molecule has 8 nitrogen and oxygen atoms in total. The van der Waals surface area contributed by atoms with Gasteiger partial charge in [-0.05, 0) is 49.2 Å². The lowest BCUT2D eigenvalue weighted by atomic mass is 10.1. The highest BCUT2D eigenvalue weighted by atomic mass is 35.5. The van der Waals surface area contributed by atoms with Crippen molar-refractivity contribution in [1.29, 1.82) is 0 Å². The predicted octanol–water partition coefficient (Wildman–Crippen LogP) is 3.90. The zero-order valence-electron chi connectivity index (χ0n) is 17.9. The van der Waals surface area contributed by atoms with Gasteiger partial charge in [-0.3, -0.25) is 19.8 Å². The van der Waals surface area contributed by atoms with Crippen LogP contribution >= 0.6 is 23.4 Å². The second kappa shape index (κ2) is 10.4. The molecule has 3 atom stereocenters. The van der Waals surface area contributed by atoms with Crippen LogP contribution in [0.1, 0.15) is 12.5 Å². The van der Waals surface area contributed by atoms with Crippen molar-refractivity contribution in [2.24, 2.45) is 0 Å². The molecule has 10 heteroatoms. The molecule has 2 aromatic carbocycles. The minimum atomic E-state index is -0.402. The van der Waals surface area contributed by atoms with Crippen molar-refractivity contribution in [2.75, 3.05) is 19.8 Å². The number of imide groups is 1. The maximum Gasteiger partial charge on any atom is 0.410 e. The standard InChI is InChI=1S/C23H23ClN2O6S/c1-14(26-11-19(32-23(26)29)13-31-18-4-2-3-16(24)10-18)12-30-17-7-5-15(6-8-17)9-20-21(27)25-22(28)33-20/h2-8,10,14,19-20H,9,11-13H2,1H3,(H,25,27,28)/t14-,19-,20?/m1/s1. The number of benzene rings is 2. The lowest BCUT2D eigenvalue weighted by molar-refractivity contribution is -0.118. The quantitative estimate of drug-likeness (QED) is 0.569. The van der Waals surface area contributed by atoms with Crippen LogP contribution in [0.3, 0.4) is 0 Å². The molecule has 0 spiro atoms. The van der Waals surface area contributed by atoms with Gasteiger partial charge in [0, 0.05) is 5.02 Å². The fourth-order valence-corrected chi connectivity index (χ4v) is 4.54. The first-order valence-electron chi connectivity index (χ1n) is 10.5. The van der Waals surface area contributed by atoms with Gasteiger partial charge in [-0.15, -0.1) is 0 Å². The van der Waals surface area contributed by atoms with Crippen LogP contribution in [-0.2, 0) is 16.0 Å². The topological polar surface area (TPSA) is 94.2 Å². The molecule has 33 heavy (non-hydrogen) atoms. The molecule has 3 amide bonds. The summed E-state index contributed by atoms with van der Waals surface area (Å²) in [6, 6.07) is 14.2. The predicted molar refractivity (Wildman–Crippen MR) is 124 cm³/mol. The number of cyclic esters (lactones) is 1. The Morgan fingerprint density at radius 3 is 2.64 bits per heavy atom. The van der Waals surface area contributed by atoms with E-state index >= 15 is 0 Å². The van der Waals surface area contributed by atoms with Gasteiger partial charge in [0.25, 0.3) is 5.24 Å². The van der Waals surface area contributed by atoms with E-state index in [1.807, 2.05) is 31.2 Å². The number of carbonyl (C=O) groups excluding carboxylic acids is 3. The molecule has 2 fully saturated rings. The molecule has 2 aromatic rings. The van der Waals surface area contributed by atoms with E-state index in [1.54, 1.807) is 29.2 Å². The van der Waals surface area contributed by atoms with E-state index in [2.05, 4.69) is 5.32 Å². The Bertz CT molecular complexity index is 1030. The Balaban J connectivity index is 1.23. The third-order valence-electron chi connectivity index (χ3n) is 5.27. The zero-order chi connectivity index (χ0) is 23.4. The van der Waals surface area contributed by atoms with Crippen LogP contribution in [0.2, 0.25) is 5.02 Å². The summed E-state index contributed by atoms with van der Waals surface area (Å²) in [5.74, 6) is 1.02. The summed E-state index contributed by atoms with van der Waals surface area (Å²) in [6.45, 7) is 2.83. The highest BCUT2D eigenvalue weighted by Crippen LogP contribution is 2.24. The van der Waals surface area contributed by atoms with E-state index in [0.29, 0.717) is 36.1 Å². The van der Waals surface area contributed by atoms with Crippen molar-refractivity contribution in [3.63, 3.8) is 0 Å². The SMILES string of the molecule is C[C@H](COc1ccc(CC2SC(=O)NC2=O)cc1)N1C[C@H](COc2cccc(Cl)c2)OC1=O.